The standard InChI is InChI=1S/C24H20F6O6/c1-2-33-21(22(31)32)14-16-7-9-18(10-8-16)34-11-5-3-4-6-17-12-19(35-23(25,26)27)15-20(13-17)36-24(28,29)30/h3,5,7-10,12-13,15,21H,2,11,14H2,1H3,(H,31,32)/b5-3-/t21-/m0/s1. The lowest BCUT2D eigenvalue weighted by Gasteiger charge is -2.13. The molecule has 2 aromatic rings. The third-order valence-corrected chi connectivity index (χ3v) is 4.10. The smallest absolute Gasteiger partial charge is 0.490 e. The fraction of sp³-hybridized carbons (Fsp3) is 0.292. The molecule has 12 heteroatoms. The molecule has 6 nitrogen and oxygen atoms in total. The molecule has 0 spiro atoms. The van der Waals surface area contributed by atoms with E-state index in [2.05, 4.69) is 21.3 Å². The first-order valence-electron chi connectivity index (χ1n) is 10.2. The van der Waals surface area contributed by atoms with Crippen LogP contribution < -0.4 is 14.2 Å². The second-order valence-corrected chi connectivity index (χ2v) is 6.90. The maximum atomic E-state index is 12.4. The summed E-state index contributed by atoms with van der Waals surface area (Å²) in [7, 11) is 0. The van der Waals surface area contributed by atoms with Crippen molar-refractivity contribution < 1.29 is 55.2 Å². The minimum atomic E-state index is -5.11. The summed E-state index contributed by atoms with van der Waals surface area (Å²) in [6, 6.07) is 8.71. The Morgan fingerprint density at radius 1 is 0.972 bits per heavy atom. The van der Waals surface area contributed by atoms with Crippen LogP contribution in [-0.2, 0) is 16.0 Å². The molecule has 0 saturated heterocycles. The lowest BCUT2D eigenvalue weighted by atomic mass is 10.1. The van der Waals surface area contributed by atoms with E-state index in [-0.39, 0.29) is 25.2 Å². The topological polar surface area (TPSA) is 74.2 Å². The van der Waals surface area contributed by atoms with Crippen molar-refractivity contribution in [1.82, 2.24) is 0 Å². The molecule has 36 heavy (non-hydrogen) atoms. The first-order valence-corrected chi connectivity index (χ1v) is 10.2. The van der Waals surface area contributed by atoms with Gasteiger partial charge in [-0.3, -0.25) is 0 Å². The summed E-state index contributed by atoms with van der Waals surface area (Å²) in [6.07, 6.45) is -8.23. The number of carboxylic acid groups (broad SMARTS) is 1. The van der Waals surface area contributed by atoms with Gasteiger partial charge in [0.15, 0.2) is 6.10 Å². The van der Waals surface area contributed by atoms with Crippen LogP contribution in [0.4, 0.5) is 26.3 Å². The number of rotatable bonds is 10. The third kappa shape index (κ3) is 11.1. The molecule has 0 aliphatic carbocycles. The van der Waals surface area contributed by atoms with Crippen molar-refractivity contribution in [3.8, 4) is 29.1 Å². The zero-order chi connectivity index (χ0) is 26.8. The molecule has 0 amide bonds. The van der Waals surface area contributed by atoms with E-state index in [4.69, 9.17) is 14.6 Å². The van der Waals surface area contributed by atoms with Gasteiger partial charge in [0, 0.05) is 24.7 Å². The van der Waals surface area contributed by atoms with E-state index < -0.39 is 36.3 Å². The van der Waals surface area contributed by atoms with Gasteiger partial charge >= 0.3 is 18.7 Å². The van der Waals surface area contributed by atoms with Crippen LogP contribution in [0.2, 0.25) is 0 Å². The van der Waals surface area contributed by atoms with E-state index in [0.717, 1.165) is 17.7 Å². The number of benzene rings is 2. The minimum Gasteiger partial charge on any atom is -0.490 e. The van der Waals surface area contributed by atoms with E-state index >= 15 is 0 Å². The fourth-order valence-corrected chi connectivity index (χ4v) is 2.76. The normalized spacial score (nSPS) is 12.5. The average molecular weight is 518 g/mol. The van der Waals surface area contributed by atoms with E-state index in [1.165, 1.54) is 12.2 Å². The van der Waals surface area contributed by atoms with E-state index in [9.17, 15) is 31.1 Å². The highest BCUT2D eigenvalue weighted by molar-refractivity contribution is 5.72. The Bertz CT molecular complexity index is 1060. The average Bonchev–Trinajstić information content (AvgIpc) is 2.74. The van der Waals surface area contributed by atoms with Crippen molar-refractivity contribution in [1.29, 1.82) is 0 Å². The van der Waals surface area contributed by atoms with Gasteiger partial charge in [-0.2, -0.15) is 0 Å². The maximum Gasteiger partial charge on any atom is 0.573 e. The van der Waals surface area contributed by atoms with Gasteiger partial charge in [-0.05, 0) is 48.9 Å². The molecule has 0 bridgehead atoms. The lowest BCUT2D eigenvalue weighted by Crippen LogP contribution is -2.26. The van der Waals surface area contributed by atoms with Gasteiger partial charge in [0.25, 0.3) is 0 Å². The SMILES string of the molecule is CCO[C@@H](Cc1ccc(OC/C=C\C#Cc2cc(OC(F)(F)F)cc(OC(F)(F)F)c2)cc1)C(=O)O. The van der Waals surface area contributed by atoms with Crippen molar-refractivity contribution in [2.75, 3.05) is 13.2 Å². The molecule has 0 radical (unpaired) electrons. The molecule has 0 saturated carbocycles. The summed E-state index contributed by atoms with van der Waals surface area (Å²) >= 11 is 0. The van der Waals surface area contributed by atoms with Crippen LogP contribution >= 0.6 is 0 Å². The summed E-state index contributed by atoms with van der Waals surface area (Å²) in [5.41, 5.74) is 0.527. The van der Waals surface area contributed by atoms with E-state index in [0.29, 0.717) is 11.8 Å². The molecular formula is C24H20F6O6. The predicted molar refractivity (Wildman–Crippen MR) is 115 cm³/mol. The van der Waals surface area contributed by atoms with Crippen LogP contribution in [0.25, 0.3) is 0 Å². The van der Waals surface area contributed by atoms with Crippen LogP contribution in [0.1, 0.15) is 18.1 Å². The van der Waals surface area contributed by atoms with Crippen LogP contribution in [0.3, 0.4) is 0 Å². The van der Waals surface area contributed by atoms with Crippen LogP contribution in [0.5, 0.6) is 17.2 Å². The largest absolute Gasteiger partial charge is 0.573 e. The Hall–Kier alpha value is -3.85. The van der Waals surface area contributed by atoms with Crippen LogP contribution in [-0.4, -0.2) is 43.1 Å². The van der Waals surface area contributed by atoms with E-state index in [1.54, 1.807) is 31.2 Å². The highest BCUT2D eigenvalue weighted by Gasteiger charge is 2.33. The zero-order valence-electron chi connectivity index (χ0n) is 18.7. The van der Waals surface area contributed by atoms with Gasteiger partial charge in [0.2, 0.25) is 0 Å². The minimum absolute atomic E-state index is 0.0599. The summed E-state index contributed by atoms with van der Waals surface area (Å²) in [6.45, 7) is 2.02. The first kappa shape index (κ1) is 28.4. The molecule has 0 aliphatic heterocycles. The highest BCUT2D eigenvalue weighted by atomic mass is 19.4. The fourth-order valence-electron chi connectivity index (χ4n) is 2.76. The molecule has 2 rings (SSSR count). The van der Waals surface area contributed by atoms with Crippen molar-refractivity contribution in [2.45, 2.75) is 32.2 Å². The molecule has 0 unspecified atom stereocenters. The van der Waals surface area contributed by atoms with E-state index in [1.807, 2.05) is 0 Å². The molecule has 0 heterocycles. The van der Waals surface area contributed by atoms with Crippen LogP contribution in [0, 0.1) is 11.8 Å². The number of allylic oxidation sites excluding steroid dienone is 1. The number of halogens is 6. The van der Waals surface area contributed by atoms with Crippen LogP contribution in [0.15, 0.2) is 54.6 Å². The first-order chi connectivity index (χ1) is 16.8. The number of aliphatic carboxylic acids is 1. The summed E-state index contributed by atoms with van der Waals surface area (Å²) in [5.74, 6) is 2.44. The van der Waals surface area contributed by atoms with Crippen molar-refractivity contribution in [2.24, 2.45) is 0 Å². The van der Waals surface area contributed by atoms with Gasteiger partial charge in [-0.1, -0.05) is 24.0 Å². The zero-order valence-corrected chi connectivity index (χ0v) is 18.7. The molecular weight excluding hydrogens is 498 g/mol. The number of hydrogen-bond acceptors (Lipinski definition) is 5. The predicted octanol–water partition coefficient (Wildman–Crippen LogP) is 5.50. The monoisotopic (exact) mass is 518 g/mol. The van der Waals surface area contributed by atoms with Gasteiger partial charge in [0.05, 0.1) is 0 Å². The molecule has 2 aromatic carbocycles. The quantitative estimate of drug-likeness (QED) is 0.331. The number of hydrogen-bond donors (Lipinski definition) is 1. The van der Waals surface area contributed by atoms with Crippen molar-refractivity contribution in [3.05, 3.63) is 65.7 Å². The Morgan fingerprint density at radius 2 is 1.56 bits per heavy atom. The second kappa shape index (κ2) is 12.7. The second-order valence-electron chi connectivity index (χ2n) is 6.90. The summed E-state index contributed by atoms with van der Waals surface area (Å²) < 4.78 is 92.6. The molecule has 1 N–H and O–H groups in total. The van der Waals surface area contributed by atoms with Gasteiger partial charge in [0.1, 0.15) is 23.9 Å². The molecule has 194 valence electrons. The Balaban J connectivity index is 1.97. The molecule has 0 aromatic heterocycles. The molecule has 0 aliphatic rings. The number of ether oxygens (including phenoxy) is 4. The third-order valence-electron chi connectivity index (χ3n) is 4.10. The van der Waals surface area contributed by atoms with Gasteiger partial charge in [-0.25, -0.2) is 4.79 Å². The lowest BCUT2D eigenvalue weighted by molar-refractivity contribution is -0.276. The Morgan fingerprint density at radius 3 is 2.06 bits per heavy atom. The number of alkyl halides is 6. The number of carbonyl (C=O) groups is 1. The maximum absolute atomic E-state index is 12.4. The highest BCUT2D eigenvalue weighted by Crippen LogP contribution is 2.31. The molecule has 0 fully saturated rings. The Kier molecular flexibility index (Phi) is 10.0. The Labute approximate surface area is 202 Å². The molecule has 1 atom stereocenters. The summed E-state index contributed by atoms with van der Waals surface area (Å²) in [5, 5.41) is 9.13. The summed E-state index contributed by atoms with van der Waals surface area (Å²) in [4.78, 5) is 11.2. The van der Waals surface area contributed by atoms with Crippen molar-refractivity contribution >= 4 is 5.97 Å². The number of carboxylic acids is 1. The van der Waals surface area contributed by atoms with Crippen molar-refractivity contribution in [3.63, 3.8) is 0 Å². The van der Waals surface area contributed by atoms with Gasteiger partial charge < -0.3 is 24.1 Å². The van der Waals surface area contributed by atoms with Gasteiger partial charge in [-0.15, -0.1) is 26.3 Å².